The van der Waals surface area contributed by atoms with Crippen LogP contribution in [0.25, 0.3) is 0 Å². The number of hydrogen-bond acceptors (Lipinski definition) is 5. The van der Waals surface area contributed by atoms with Gasteiger partial charge in [0.25, 0.3) is 10.0 Å². The van der Waals surface area contributed by atoms with Crippen LogP contribution in [0, 0.1) is 0 Å². The number of benzene rings is 1. The average molecular weight is 327 g/mol. The van der Waals surface area contributed by atoms with Crippen molar-refractivity contribution < 1.29 is 13.2 Å². The van der Waals surface area contributed by atoms with E-state index in [2.05, 4.69) is 20.0 Å². The van der Waals surface area contributed by atoms with Gasteiger partial charge in [-0.1, -0.05) is 11.6 Å². The molecule has 2 N–H and O–H groups in total. The lowest BCUT2D eigenvalue weighted by molar-refractivity contribution is -0.114. The summed E-state index contributed by atoms with van der Waals surface area (Å²) in [7, 11) is -3.78. The minimum Gasteiger partial charge on any atom is -0.326 e. The van der Waals surface area contributed by atoms with Crippen LogP contribution < -0.4 is 10.0 Å². The first kappa shape index (κ1) is 15.2. The molecule has 1 amide bonds. The van der Waals surface area contributed by atoms with Crippen LogP contribution in [0.15, 0.2) is 41.6 Å². The van der Waals surface area contributed by atoms with Crippen LogP contribution in [0.3, 0.4) is 0 Å². The van der Waals surface area contributed by atoms with Gasteiger partial charge in [0, 0.05) is 12.6 Å². The van der Waals surface area contributed by atoms with Crippen LogP contribution in [0.5, 0.6) is 0 Å². The Bertz CT molecular complexity index is 745. The Hall–Kier alpha value is -2.19. The highest BCUT2D eigenvalue weighted by molar-refractivity contribution is 7.92. The second kappa shape index (κ2) is 6.06. The summed E-state index contributed by atoms with van der Waals surface area (Å²) in [4.78, 5) is 18.5. The first-order chi connectivity index (χ1) is 9.87. The summed E-state index contributed by atoms with van der Waals surface area (Å²) in [5.74, 6) is -0.175. The van der Waals surface area contributed by atoms with E-state index >= 15 is 0 Å². The predicted molar refractivity (Wildman–Crippen MR) is 78.6 cm³/mol. The first-order valence-corrected chi connectivity index (χ1v) is 7.61. The fraction of sp³-hybridized carbons (Fsp3) is 0.0833. The molecule has 0 bridgehead atoms. The highest BCUT2D eigenvalue weighted by atomic mass is 35.5. The Labute approximate surface area is 126 Å². The van der Waals surface area contributed by atoms with Crippen molar-refractivity contribution in [1.82, 2.24) is 9.97 Å². The summed E-state index contributed by atoms with van der Waals surface area (Å²) in [5, 5.41) is 2.71. The number of carbonyl (C=O) groups is 1. The van der Waals surface area contributed by atoms with Crippen molar-refractivity contribution in [1.29, 1.82) is 0 Å². The molecule has 110 valence electrons. The van der Waals surface area contributed by atoms with Gasteiger partial charge < -0.3 is 5.32 Å². The zero-order chi connectivity index (χ0) is 15.5. The van der Waals surface area contributed by atoms with Gasteiger partial charge in [-0.3, -0.25) is 9.52 Å². The zero-order valence-corrected chi connectivity index (χ0v) is 12.4. The van der Waals surface area contributed by atoms with Gasteiger partial charge in [-0.25, -0.2) is 18.4 Å². The van der Waals surface area contributed by atoms with E-state index in [0.29, 0.717) is 5.69 Å². The molecule has 2 rings (SSSR count). The molecule has 0 aliphatic rings. The topological polar surface area (TPSA) is 101 Å². The van der Waals surface area contributed by atoms with E-state index in [-0.39, 0.29) is 21.8 Å². The van der Waals surface area contributed by atoms with Crippen LogP contribution in [0.4, 0.5) is 11.5 Å². The van der Waals surface area contributed by atoms with Gasteiger partial charge >= 0.3 is 0 Å². The lowest BCUT2D eigenvalue weighted by Gasteiger charge is -2.08. The number of nitrogens with zero attached hydrogens (tertiary/aromatic N) is 2. The lowest BCUT2D eigenvalue weighted by Crippen LogP contribution is -2.14. The summed E-state index contributed by atoms with van der Waals surface area (Å²) in [6, 6.07) is 5.72. The predicted octanol–water partition coefficient (Wildman–Crippen LogP) is 1.89. The van der Waals surface area contributed by atoms with Crippen molar-refractivity contribution >= 4 is 39.0 Å². The molecular weight excluding hydrogens is 316 g/mol. The standard InChI is InChI=1S/C12H11ClN4O3S/c1-8(18)16-9-2-4-10(5-3-9)21(19,20)17-12-7-14-11(13)6-15-12/h2-7H,1H3,(H,15,17)(H,16,18). The zero-order valence-electron chi connectivity index (χ0n) is 10.9. The van der Waals surface area contributed by atoms with Gasteiger partial charge in [0.05, 0.1) is 17.3 Å². The fourth-order valence-electron chi connectivity index (χ4n) is 1.48. The van der Waals surface area contributed by atoms with Crippen LogP contribution in [-0.4, -0.2) is 24.3 Å². The highest BCUT2D eigenvalue weighted by Crippen LogP contribution is 2.17. The second-order valence-corrected chi connectivity index (χ2v) is 6.11. The number of nitrogens with one attached hydrogen (secondary N) is 2. The van der Waals surface area contributed by atoms with Crippen LogP contribution in [0.2, 0.25) is 5.15 Å². The van der Waals surface area contributed by atoms with Gasteiger partial charge in [0.15, 0.2) is 5.82 Å². The van der Waals surface area contributed by atoms with Gasteiger partial charge in [-0.15, -0.1) is 0 Å². The first-order valence-electron chi connectivity index (χ1n) is 5.75. The lowest BCUT2D eigenvalue weighted by atomic mass is 10.3. The molecule has 0 spiro atoms. The van der Waals surface area contributed by atoms with Gasteiger partial charge in [-0.2, -0.15) is 0 Å². The van der Waals surface area contributed by atoms with E-state index in [9.17, 15) is 13.2 Å². The molecule has 0 aliphatic heterocycles. The minimum atomic E-state index is -3.78. The molecule has 0 fully saturated rings. The maximum Gasteiger partial charge on any atom is 0.263 e. The van der Waals surface area contributed by atoms with Crippen molar-refractivity contribution in [3.8, 4) is 0 Å². The van der Waals surface area contributed by atoms with Gasteiger partial charge in [-0.05, 0) is 24.3 Å². The monoisotopic (exact) mass is 326 g/mol. The summed E-state index contributed by atoms with van der Waals surface area (Å²) in [6.07, 6.45) is 2.45. The number of amides is 1. The van der Waals surface area contributed by atoms with Crippen molar-refractivity contribution in [3.63, 3.8) is 0 Å². The Kier molecular flexibility index (Phi) is 4.39. The molecule has 0 atom stereocenters. The average Bonchev–Trinajstić information content (AvgIpc) is 2.41. The Morgan fingerprint density at radius 3 is 2.33 bits per heavy atom. The summed E-state index contributed by atoms with van der Waals surface area (Å²) >= 11 is 5.57. The minimum absolute atomic E-state index is 0.0355. The number of aromatic nitrogens is 2. The van der Waals surface area contributed by atoms with Crippen molar-refractivity contribution in [2.45, 2.75) is 11.8 Å². The van der Waals surface area contributed by atoms with Crippen molar-refractivity contribution in [3.05, 3.63) is 41.8 Å². The number of halogens is 1. The van der Waals surface area contributed by atoms with E-state index in [0.717, 1.165) is 0 Å². The summed E-state index contributed by atoms with van der Waals surface area (Å²) < 4.78 is 26.5. The van der Waals surface area contributed by atoms with Crippen molar-refractivity contribution in [2.24, 2.45) is 0 Å². The third-order valence-electron chi connectivity index (χ3n) is 2.34. The quantitative estimate of drug-likeness (QED) is 0.893. The third-order valence-corrected chi connectivity index (χ3v) is 3.91. The molecule has 0 aliphatic carbocycles. The number of hydrogen-bond donors (Lipinski definition) is 2. The molecular formula is C12H11ClN4O3S. The molecule has 0 saturated heterocycles. The Morgan fingerprint density at radius 1 is 1.14 bits per heavy atom. The number of anilines is 2. The molecule has 7 nitrogen and oxygen atoms in total. The largest absolute Gasteiger partial charge is 0.326 e. The molecule has 9 heteroatoms. The van der Waals surface area contributed by atoms with E-state index < -0.39 is 10.0 Å². The molecule has 0 radical (unpaired) electrons. The van der Waals surface area contributed by atoms with E-state index in [1.807, 2.05) is 0 Å². The second-order valence-electron chi connectivity index (χ2n) is 4.04. The maximum absolute atomic E-state index is 12.1. The van der Waals surface area contributed by atoms with Gasteiger partial charge in [0.2, 0.25) is 5.91 Å². The SMILES string of the molecule is CC(=O)Nc1ccc(S(=O)(=O)Nc2cnc(Cl)cn2)cc1. The molecule has 1 aromatic heterocycles. The maximum atomic E-state index is 12.1. The van der Waals surface area contributed by atoms with Crippen LogP contribution >= 0.6 is 11.6 Å². The Balaban J connectivity index is 2.19. The smallest absolute Gasteiger partial charge is 0.263 e. The molecule has 21 heavy (non-hydrogen) atoms. The normalized spacial score (nSPS) is 11.0. The molecule has 1 aromatic carbocycles. The van der Waals surface area contributed by atoms with E-state index in [1.54, 1.807) is 0 Å². The number of sulfonamides is 1. The van der Waals surface area contributed by atoms with Gasteiger partial charge in [0.1, 0.15) is 5.15 Å². The molecule has 0 unspecified atom stereocenters. The number of carbonyl (C=O) groups excluding carboxylic acids is 1. The molecule has 0 saturated carbocycles. The highest BCUT2D eigenvalue weighted by Gasteiger charge is 2.15. The van der Waals surface area contributed by atoms with Crippen molar-refractivity contribution in [2.75, 3.05) is 10.0 Å². The summed E-state index contributed by atoms with van der Waals surface area (Å²) in [5.41, 5.74) is 0.507. The number of rotatable bonds is 4. The Morgan fingerprint density at radius 2 is 1.81 bits per heavy atom. The van der Waals surface area contributed by atoms with Crippen LogP contribution in [0.1, 0.15) is 6.92 Å². The third kappa shape index (κ3) is 4.14. The fourth-order valence-corrected chi connectivity index (χ4v) is 2.57. The van der Waals surface area contributed by atoms with Crippen LogP contribution in [-0.2, 0) is 14.8 Å². The molecule has 2 aromatic rings. The summed E-state index contributed by atoms with van der Waals surface area (Å²) in [6.45, 7) is 1.37. The van der Waals surface area contributed by atoms with E-state index in [1.165, 1.54) is 43.6 Å². The van der Waals surface area contributed by atoms with E-state index in [4.69, 9.17) is 11.6 Å². The molecule has 1 heterocycles.